The molecule has 0 N–H and O–H groups in total. The van der Waals surface area contributed by atoms with Crippen LogP contribution in [0.5, 0.6) is 11.5 Å². The summed E-state index contributed by atoms with van der Waals surface area (Å²) in [5.41, 5.74) is 1.32. The van der Waals surface area contributed by atoms with Crippen molar-refractivity contribution < 1.29 is 18.7 Å². The Balaban J connectivity index is 1.90. The minimum atomic E-state index is -0.545. The summed E-state index contributed by atoms with van der Waals surface area (Å²) in [5, 5.41) is 0.423. The number of fused-ring (bicyclic) bond motifs is 2. The van der Waals surface area contributed by atoms with Gasteiger partial charge in [0.05, 0.1) is 30.2 Å². The Kier molecular flexibility index (Phi) is 5.93. The maximum atomic E-state index is 13.6. The van der Waals surface area contributed by atoms with Gasteiger partial charge in [0.2, 0.25) is 5.76 Å². The molecule has 2 aromatic carbocycles. The number of carbonyl (C=O) groups is 1. The van der Waals surface area contributed by atoms with Crippen LogP contribution in [0.3, 0.4) is 0 Å². The fraction of sp³-hybridized carbons (Fsp3) is 0.360. The third-order valence-electron chi connectivity index (χ3n) is 5.51. The zero-order valence-electron chi connectivity index (χ0n) is 19.0. The van der Waals surface area contributed by atoms with E-state index in [4.69, 9.17) is 13.9 Å². The molecule has 0 bridgehead atoms. The molecule has 1 aliphatic rings. The van der Waals surface area contributed by atoms with Crippen molar-refractivity contribution in [3.05, 3.63) is 69.6 Å². The van der Waals surface area contributed by atoms with E-state index in [1.54, 1.807) is 30.2 Å². The van der Waals surface area contributed by atoms with E-state index in [1.165, 1.54) is 0 Å². The van der Waals surface area contributed by atoms with Crippen LogP contribution in [0.2, 0.25) is 0 Å². The van der Waals surface area contributed by atoms with E-state index in [0.29, 0.717) is 41.1 Å². The second-order valence-electron chi connectivity index (χ2n) is 8.48. The molecule has 1 aliphatic heterocycles. The summed E-state index contributed by atoms with van der Waals surface area (Å²) in [6.45, 7) is 5.02. The quantitative estimate of drug-likeness (QED) is 0.563. The first-order valence-electron chi connectivity index (χ1n) is 10.7. The van der Waals surface area contributed by atoms with E-state index in [-0.39, 0.29) is 23.2 Å². The van der Waals surface area contributed by atoms with E-state index in [0.717, 1.165) is 5.56 Å². The Morgan fingerprint density at radius 1 is 1.09 bits per heavy atom. The van der Waals surface area contributed by atoms with Crippen LogP contribution in [-0.4, -0.2) is 56.1 Å². The van der Waals surface area contributed by atoms with Gasteiger partial charge in [-0.15, -0.1) is 0 Å². The van der Waals surface area contributed by atoms with Gasteiger partial charge in [0, 0.05) is 19.2 Å². The molecular weight excluding hydrogens is 408 g/mol. The van der Waals surface area contributed by atoms with Crippen molar-refractivity contribution in [2.75, 3.05) is 34.3 Å². The van der Waals surface area contributed by atoms with Crippen molar-refractivity contribution in [2.24, 2.45) is 0 Å². The first-order valence-corrected chi connectivity index (χ1v) is 10.7. The third-order valence-corrected chi connectivity index (χ3v) is 5.51. The largest absolute Gasteiger partial charge is 0.497 e. The highest BCUT2D eigenvalue weighted by Gasteiger charge is 2.42. The summed E-state index contributed by atoms with van der Waals surface area (Å²) in [5.74, 6) is 1.06. The minimum Gasteiger partial charge on any atom is -0.497 e. The van der Waals surface area contributed by atoms with Gasteiger partial charge < -0.3 is 23.7 Å². The first kappa shape index (κ1) is 21.9. The molecule has 1 aromatic heterocycles. The van der Waals surface area contributed by atoms with Gasteiger partial charge in [-0.05, 0) is 57.8 Å². The second kappa shape index (κ2) is 8.67. The molecule has 0 radical (unpaired) electrons. The zero-order chi connectivity index (χ0) is 23.0. The normalized spacial score (nSPS) is 15.7. The average Bonchev–Trinajstić information content (AvgIpc) is 3.03. The lowest BCUT2D eigenvalue weighted by atomic mass is 9.98. The van der Waals surface area contributed by atoms with E-state index in [1.807, 2.05) is 57.1 Å². The highest BCUT2D eigenvalue weighted by Crippen LogP contribution is 2.39. The Hall–Kier alpha value is -3.32. The van der Waals surface area contributed by atoms with Gasteiger partial charge in [-0.2, -0.15) is 0 Å². The number of methoxy groups -OCH3 is 1. The SMILES string of the molecule is COc1ccc2c(=O)c3c(oc2c1)C(=O)N(CCN(C)C)[C@H]3c1cccc(OC(C)C)c1. The highest BCUT2D eigenvalue weighted by molar-refractivity contribution is 5.99. The topological polar surface area (TPSA) is 72.2 Å². The van der Waals surface area contributed by atoms with Crippen molar-refractivity contribution in [1.29, 1.82) is 0 Å². The molecule has 4 rings (SSSR count). The number of likely N-dealkylation sites (N-methyl/N-ethyl adjacent to an activating group) is 1. The van der Waals surface area contributed by atoms with Gasteiger partial charge in [-0.1, -0.05) is 12.1 Å². The average molecular weight is 437 g/mol. The molecule has 168 valence electrons. The van der Waals surface area contributed by atoms with Gasteiger partial charge in [-0.25, -0.2) is 0 Å². The molecule has 0 unspecified atom stereocenters. The lowest BCUT2D eigenvalue weighted by molar-refractivity contribution is 0.0716. The van der Waals surface area contributed by atoms with Crippen LogP contribution < -0.4 is 14.9 Å². The van der Waals surface area contributed by atoms with Crippen molar-refractivity contribution in [2.45, 2.75) is 26.0 Å². The number of benzene rings is 2. The minimum absolute atomic E-state index is 0.0107. The van der Waals surface area contributed by atoms with Crippen LogP contribution >= 0.6 is 0 Å². The first-order chi connectivity index (χ1) is 15.3. The molecule has 0 aliphatic carbocycles. The van der Waals surface area contributed by atoms with Crippen molar-refractivity contribution in [1.82, 2.24) is 9.80 Å². The number of amides is 1. The van der Waals surface area contributed by atoms with Crippen molar-refractivity contribution in [3.8, 4) is 11.5 Å². The Morgan fingerprint density at radius 3 is 2.56 bits per heavy atom. The Bertz CT molecular complexity index is 1210. The van der Waals surface area contributed by atoms with Gasteiger partial charge in [0.15, 0.2) is 5.43 Å². The molecule has 0 saturated heterocycles. The van der Waals surface area contributed by atoms with Crippen LogP contribution in [0, 0.1) is 0 Å². The van der Waals surface area contributed by atoms with Crippen molar-refractivity contribution >= 4 is 16.9 Å². The number of nitrogens with zero attached hydrogens (tertiary/aromatic N) is 2. The van der Waals surface area contributed by atoms with Crippen LogP contribution in [0.25, 0.3) is 11.0 Å². The molecule has 3 aromatic rings. The van der Waals surface area contributed by atoms with E-state index >= 15 is 0 Å². The summed E-state index contributed by atoms with van der Waals surface area (Å²) in [6, 6.07) is 12.1. The van der Waals surface area contributed by atoms with Crippen molar-refractivity contribution in [3.63, 3.8) is 0 Å². The molecular formula is C25H28N2O5. The van der Waals surface area contributed by atoms with E-state index < -0.39 is 6.04 Å². The lowest BCUT2D eigenvalue weighted by Crippen LogP contribution is -2.35. The van der Waals surface area contributed by atoms with Gasteiger partial charge in [0.1, 0.15) is 17.1 Å². The number of ether oxygens (including phenoxy) is 2. The number of carbonyl (C=O) groups excluding carboxylic acids is 1. The summed E-state index contributed by atoms with van der Waals surface area (Å²) < 4.78 is 17.1. The number of hydrogen-bond donors (Lipinski definition) is 0. The molecule has 32 heavy (non-hydrogen) atoms. The smallest absolute Gasteiger partial charge is 0.290 e. The van der Waals surface area contributed by atoms with E-state index in [2.05, 4.69) is 0 Å². The maximum Gasteiger partial charge on any atom is 0.290 e. The van der Waals surface area contributed by atoms with Gasteiger partial charge in [-0.3, -0.25) is 9.59 Å². The third kappa shape index (κ3) is 3.96. The van der Waals surface area contributed by atoms with Crippen LogP contribution in [-0.2, 0) is 0 Å². The molecule has 2 heterocycles. The predicted octanol–water partition coefficient (Wildman–Crippen LogP) is 3.70. The maximum absolute atomic E-state index is 13.6. The molecule has 0 spiro atoms. The van der Waals surface area contributed by atoms with Crippen LogP contribution in [0.4, 0.5) is 0 Å². The zero-order valence-corrected chi connectivity index (χ0v) is 19.0. The summed E-state index contributed by atoms with van der Waals surface area (Å²) in [6.07, 6.45) is 0.0107. The summed E-state index contributed by atoms with van der Waals surface area (Å²) in [4.78, 5) is 30.7. The molecule has 0 fully saturated rings. The monoisotopic (exact) mass is 436 g/mol. The van der Waals surface area contributed by atoms with Gasteiger partial charge >= 0.3 is 0 Å². The molecule has 0 saturated carbocycles. The molecule has 7 nitrogen and oxygen atoms in total. The number of rotatable bonds is 7. The summed E-state index contributed by atoms with van der Waals surface area (Å²) >= 11 is 0. The number of hydrogen-bond acceptors (Lipinski definition) is 6. The summed E-state index contributed by atoms with van der Waals surface area (Å²) in [7, 11) is 5.44. The molecule has 1 amide bonds. The molecule has 1 atom stereocenters. The highest BCUT2D eigenvalue weighted by atomic mass is 16.5. The predicted molar refractivity (Wildman–Crippen MR) is 123 cm³/mol. The molecule has 7 heteroatoms. The second-order valence-corrected chi connectivity index (χ2v) is 8.48. The Labute approximate surface area is 187 Å². The van der Waals surface area contributed by atoms with Gasteiger partial charge in [0.25, 0.3) is 5.91 Å². The standard InChI is InChI=1S/C25H28N2O5/c1-15(2)31-18-8-6-7-16(13-18)22-21-23(28)19-10-9-17(30-5)14-20(19)32-24(21)25(29)27(22)12-11-26(3)4/h6-10,13-15,22H,11-12H2,1-5H3/t22-/m0/s1. The van der Waals surface area contributed by atoms with Crippen LogP contribution in [0.15, 0.2) is 51.7 Å². The fourth-order valence-corrected chi connectivity index (χ4v) is 4.04. The van der Waals surface area contributed by atoms with E-state index in [9.17, 15) is 9.59 Å². The van der Waals surface area contributed by atoms with Crippen LogP contribution in [0.1, 0.15) is 41.6 Å². The fourth-order valence-electron chi connectivity index (χ4n) is 4.04. The lowest BCUT2D eigenvalue weighted by Gasteiger charge is -2.26. The Morgan fingerprint density at radius 2 is 1.88 bits per heavy atom.